The number of hydrogen-bond donors (Lipinski definition) is 3. The summed E-state index contributed by atoms with van der Waals surface area (Å²) in [6, 6.07) is 13.7. The van der Waals surface area contributed by atoms with Crippen molar-refractivity contribution in [2.45, 2.75) is 51.5 Å². The third-order valence-corrected chi connectivity index (χ3v) is 6.34. The van der Waals surface area contributed by atoms with Crippen LogP contribution in [-0.4, -0.2) is 26.8 Å². The second kappa shape index (κ2) is 10.1. The van der Waals surface area contributed by atoms with E-state index in [-0.39, 0.29) is 30.2 Å². The Kier molecular flexibility index (Phi) is 6.99. The van der Waals surface area contributed by atoms with Crippen molar-refractivity contribution in [1.29, 1.82) is 0 Å². The highest BCUT2D eigenvalue weighted by Crippen LogP contribution is 2.38. The van der Waals surface area contributed by atoms with Crippen molar-refractivity contribution in [3.63, 3.8) is 0 Å². The van der Waals surface area contributed by atoms with Crippen molar-refractivity contribution < 1.29 is 14.7 Å². The number of phenolic OH excluding ortho intramolecular Hbond substituents is 1. The summed E-state index contributed by atoms with van der Waals surface area (Å²) >= 11 is 6.22. The fraction of sp³-hybridized carbons (Fsp3) is 0.320. The molecule has 4 rings (SSSR count). The maximum atomic E-state index is 13.1. The lowest BCUT2D eigenvalue weighted by atomic mass is 10.0. The number of amides is 2. The van der Waals surface area contributed by atoms with Gasteiger partial charge in [-0.1, -0.05) is 49.6 Å². The van der Waals surface area contributed by atoms with Crippen LogP contribution in [0.2, 0.25) is 5.02 Å². The fourth-order valence-corrected chi connectivity index (χ4v) is 4.36. The Bertz CT molecular complexity index is 1170. The number of carbonyl (C=O) groups excluding carboxylic acids is 2. The molecule has 1 fully saturated rings. The van der Waals surface area contributed by atoms with E-state index in [4.69, 9.17) is 11.6 Å². The van der Waals surface area contributed by atoms with Crippen molar-refractivity contribution in [2.24, 2.45) is 0 Å². The van der Waals surface area contributed by atoms with E-state index in [9.17, 15) is 14.7 Å². The Labute approximate surface area is 197 Å². The van der Waals surface area contributed by atoms with Crippen LogP contribution in [0.1, 0.15) is 56.2 Å². The number of rotatable bonds is 6. The van der Waals surface area contributed by atoms with Crippen LogP contribution in [0.25, 0.3) is 11.3 Å². The number of halogens is 1. The highest BCUT2D eigenvalue weighted by Gasteiger charge is 2.26. The summed E-state index contributed by atoms with van der Waals surface area (Å²) in [5.74, 6) is 0.133. The van der Waals surface area contributed by atoms with Crippen molar-refractivity contribution in [1.82, 2.24) is 15.1 Å². The van der Waals surface area contributed by atoms with E-state index in [1.54, 1.807) is 25.1 Å². The van der Waals surface area contributed by atoms with E-state index in [0.29, 0.717) is 28.4 Å². The lowest BCUT2D eigenvalue weighted by Crippen LogP contribution is -2.30. The van der Waals surface area contributed by atoms with Crippen molar-refractivity contribution in [3.05, 3.63) is 64.8 Å². The van der Waals surface area contributed by atoms with Gasteiger partial charge in [0.15, 0.2) is 0 Å². The first-order chi connectivity index (χ1) is 16.0. The molecule has 0 aliphatic heterocycles. The molecule has 1 aliphatic carbocycles. The molecule has 0 spiro atoms. The van der Waals surface area contributed by atoms with E-state index in [0.717, 1.165) is 36.9 Å². The van der Waals surface area contributed by atoms with Gasteiger partial charge in [0.1, 0.15) is 5.75 Å². The molecule has 0 bridgehead atoms. The third kappa shape index (κ3) is 5.20. The molecule has 0 radical (unpaired) electrons. The average molecular weight is 467 g/mol. The molecule has 1 aliphatic rings. The minimum Gasteiger partial charge on any atom is -0.507 e. The predicted octanol–water partition coefficient (Wildman–Crippen LogP) is 5.67. The molecule has 7 nitrogen and oxygen atoms in total. The molecule has 1 saturated carbocycles. The average Bonchev–Trinajstić information content (AvgIpc) is 3.49. The summed E-state index contributed by atoms with van der Waals surface area (Å²) in [5, 5.41) is 21.3. The highest BCUT2D eigenvalue weighted by atomic mass is 35.5. The Morgan fingerprint density at radius 3 is 2.64 bits per heavy atom. The Balaban J connectivity index is 1.65. The zero-order valence-electron chi connectivity index (χ0n) is 18.5. The minimum absolute atomic E-state index is 0.0311. The van der Waals surface area contributed by atoms with Gasteiger partial charge in [-0.15, -0.1) is 0 Å². The lowest BCUT2D eigenvalue weighted by Gasteiger charge is -2.12. The lowest BCUT2D eigenvalue weighted by molar-refractivity contribution is -0.115. The summed E-state index contributed by atoms with van der Waals surface area (Å²) in [6.45, 7) is 2.05. The molecule has 3 N–H and O–H groups in total. The van der Waals surface area contributed by atoms with Gasteiger partial charge in [0.2, 0.25) is 5.91 Å². The number of nitrogens with one attached hydrogen (secondary N) is 2. The summed E-state index contributed by atoms with van der Waals surface area (Å²) in [5.41, 5.74) is 3.14. The quantitative estimate of drug-likeness (QED) is 0.407. The Morgan fingerprint density at radius 1 is 1.15 bits per heavy atom. The molecule has 0 atom stereocenters. The number of hydrogen-bond acceptors (Lipinski definition) is 4. The molecule has 0 saturated heterocycles. The number of aromatic hydroxyl groups is 1. The zero-order chi connectivity index (χ0) is 23.4. The van der Waals surface area contributed by atoms with E-state index in [2.05, 4.69) is 15.7 Å². The van der Waals surface area contributed by atoms with Gasteiger partial charge in [-0.25, -0.2) is 4.79 Å². The number of anilines is 1. The van der Waals surface area contributed by atoms with E-state index in [1.807, 2.05) is 24.3 Å². The summed E-state index contributed by atoms with van der Waals surface area (Å²) in [6.07, 6.45) is 4.54. The summed E-state index contributed by atoms with van der Waals surface area (Å²) in [7, 11) is 0. The first-order valence-electron chi connectivity index (χ1n) is 11.2. The van der Waals surface area contributed by atoms with Gasteiger partial charge >= 0.3 is 6.03 Å². The monoisotopic (exact) mass is 466 g/mol. The zero-order valence-corrected chi connectivity index (χ0v) is 19.2. The van der Waals surface area contributed by atoms with Gasteiger partial charge in [0.25, 0.3) is 0 Å². The second-order valence-electron chi connectivity index (χ2n) is 8.23. The summed E-state index contributed by atoms with van der Waals surface area (Å²) in [4.78, 5) is 24.9. The molecule has 33 heavy (non-hydrogen) atoms. The van der Waals surface area contributed by atoms with Crippen LogP contribution in [0, 0.1) is 0 Å². The first kappa shape index (κ1) is 22.9. The number of benzene rings is 2. The van der Waals surface area contributed by atoms with Crippen LogP contribution in [0.5, 0.6) is 5.75 Å². The normalized spacial score (nSPS) is 13.8. The van der Waals surface area contributed by atoms with Crippen molar-refractivity contribution in [2.75, 3.05) is 5.32 Å². The van der Waals surface area contributed by atoms with Crippen LogP contribution in [0.4, 0.5) is 10.5 Å². The SMILES string of the molecule is CCC(=O)Nc1ccc(O)c(-c2cc(C3CCCC3)n(C(=O)NCc3ccccc3Cl)n2)c1. The van der Waals surface area contributed by atoms with Crippen LogP contribution < -0.4 is 10.6 Å². The number of carbonyl (C=O) groups is 2. The summed E-state index contributed by atoms with van der Waals surface area (Å²) < 4.78 is 1.40. The van der Waals surface area contributed by atoms with E-state index >= 15 is 0 Å². The first-order valence-corrected chi connectivity index (χ1v) is 11.6. The molecular formula is C25H27ClN4O3. The van der Waals surface area contributed by atoms with E-state index < -0.39 is 0 Å². The molecule has 8 heteroatoms. The predicted molar refractivity (Wildman–Crippen MR) is 129 cm³/mol. The fourth-order valence-electron chi connectivity index (χ4n) is 4.16. The molecular weight excluding hydrogens is 440 g/mol. The number of aromatic nitrogens is 2. The van der Waals surface area contributed by atoms with Crippen molar-refractivity contribution in [3.8, 4) is 17.0 Å². The van der Waals surface area contributed by atoms with Gasteiger partial charge < -0.3 is 15.7 Å². The standard InChI is InChI=1S/C25H27ClN4O3/c1-2-24(32)28-18-11-12-23(31)19(13-18)21-14-22(16-7-3-4-8-16)30(29-21)25(33)27-15-17-9-5-6-10-20(17)26/h5-6,9-14,16,31H,2-4,7-8,15H2,1H3,(H,27,33)(H,28,32). The van der Waals surface area contributed by atoms with Gasteiger partial charge in [-0.3, -0.25) is 4.79 Å². The Morgan fingerprint density at radius 2 is 1.91 bits per heavy atom. The highest BCUT2D eigenvalue weighted by molar-refractivity contribution is 6.31. The largest absolute Gasteiger partial charge is 0.507 e. The smallest absolute Gasteiger partial charge is 0.342 e. The maximum absolute atomic E-state index is 13.1. The minimum atomic E-state index is -0.349. The number of nitrogens with zero attached hydrogens (tertiary/aromatic N) is 2. The third-order valence-electron chi connectivity index (χ3n) is 5.97. The molecule has 3 aromatic rings. The van der Waals surface area contributed by atoms with Crippen LogP contribution in [-0.2, 0) is 11.3 Å². The molecule has 2 aromatic carbocycles. The molecule has 2 amide bonds. The Hall–Kier alpha value is -3.32. The number of phenols is 1. The maximum Gasteiger partial charge on any atom is 0.342 e. The van der Waals surface area contributed by atoms with Gasteiger partial charge in [0, 0.05) is 35.2 Å². The molecule has 1 aromatic heterocycles. The second-order valence-corrected chi connectivity index (χ2v) is 8.64. The topological polar surface area (TPSA) is 96.2 Å². The van der Waals surface area contributed by atoms with Crippen LogP contribution >= 0.6 is 11.6 Å². The van der Waals surface area contributed by atoms with Crippen molar-refractivity contribution >= 4 is 29.2 Å². The molecule has 172 valence electrons. The molecule has 1 heterocycles. The van der Waals surface area contributed by atoms with Crippen LogP contribution in [0.3, 0.4) is 0 Å². The molecule has 0 unspecified atom stereocenters. The van der Waals surface area contributed by atoms with E-state index in [1.165, 1.54) is 10.7 Å². The van der Waals surface area contributed by atoms with Gasteiger partial charge in [0.05, 0.1) is 11.4 Å². The van der Waals surface area contributed by atoms with Gasteiger partial charge in [-0.05, 0) is 48.7 Å². The van der Waals surface area contributed by atoms with Gasteiger partial charge in [-0.2, -0.15) is 9.78 Å². The van der Waals surface area contributed by atoms with Crippen LogP contribution in [0.15, 0.2) is 48.5 Å².